The summed E-state index contributed by atoms with van der Waals surface area (Å²) in [5.74, 6) is -1.31. The van der Waals surface area contributed by atoms with Crippen LogP contribution in [0.4, 0.5) is 0 Å². The number of nitrogens with zero attached hydrogens (tertiary/aromatic N) is 1. The second-order valence-corrected chi connectivity index (χ2v) is 7.95. The predicted molar refractivity (Wildman–Crippen MR) is 78.4 cm³/mol. The smallest absolute Gasteiger partial charge is 0.322 e. The van der Waals surface area contributed by atoms with E-state index in [-0.39, 0.29) is 20.0 Å². The first kappa shape index (κ1) is 16.2. The van der Waals surface area contributed by atoms with Gasteiger partial charge in [0.15, 0.2) is 0 Å². The summed E-state index contributed by atoms with van der Waals surface area (Å²) >= 11 is 12.4. The lowest BCUT2D eigenvalue weighted by Gasteiger charge is -2.13. The fourth-order valence-electron chi connectivity index (χ4n) is 1.55. The van der Waals surface area contributed by atoms with Crippen molar-refractivity contribution in [2.75, 3.05) is 0 Å². The van der Waals surface area contributed by atoms with Gasteiger partial charge in [0, 0.05) is 18.3 Å². The number of carboxylic acids is 1. The standard InChI is InChI=1S/C10H9Cl2N3O4S2/c11-8-2-7(9(12)20-8)21(18,19)15-6(10(16)17)1-5-3-13-4-14-5/h2-4,6,15H,1H2,(H,13,14)(H,16,17). The summed E-state index contributed by atoms with van der Waals surface area (Å²) in [6, 6.07) is -0.184. The van der Waals surface area contributed by atoms with Gasteiger partial charge in [-0.25, -0.2) is 13.4 Å². The molecule has 0 aromatic carbocycles. The Balaban J connectivity index is 2.23. The molecule has 3 N–H and O–H groups in total. The molecule has 0 saturated carbocycles. The van der Waals surface area contributed by atoms with E-state index in [1.165, 1.54) is 18.6 Å². The van der Waals surface area contributed by atoms with Crippen molar-refractivity contribution < 1.29 is 18.3 Å². The highest BCUT2D eigenvalue weighted by molar-refractivity contribution is 7.89. The highest BCUT2D eigenvalue weighted by Gasteiger charge is 2.28. The van der Waals surface area contributed by atoms with Crippen molar-refractivity contribution in [3.8, 4) is 0 Å². The van der Waals surface area contributed by atoms with Gasteiger partial charge in [0.2, 0.25) is 10.0 Å². The minimum atomic E-state index is -4.09. The number of aliphatic carboxylic acids is 1. The van der Waals surface area contributed by atoms with E-state index in [4.69, 9.17) is 28.3 Å². The molecule has 2 aromatic rings. The third kappa shape index (κ3) is 3.95. The lowest BCUT2D eigenvalue weighted by Crippen LogP contribution is -2.42. The van der Waals surface area contributed by atoms with Crippen LogP contribution in [-0.4, -0.2) is 35.5 Å². The van der Waals surface area contributed by atoms with Crippen molar-refractivity contribution in [3.63, 3.8) is 0 Å². The molecular weight excluding hydrogens is 361 g/mol. The predicted octanol–water partition coefficient (Wildman–Crippen LogP) is 1.75. The van der Waals surface area contributed by atoms with E-state index in [0.29, 0.717) is 5.69 Å². The van der Waals surface area contributed by atoms with Crippen molar-refractivity contribution in [2.24, 2.45) is 0 Å². The van der Waals surface area contributed by atoms with Gasteiger partial charge in [-0.3, -0.25) is 4.79 Å². The topological polar surface area (TPSA) is 112 Å². The number of aromatic nitrogens is 2. The first-order valence-electron chi connectivity index (χ1n) is 5.47. The van der Waals surface area contributed by atoms with E-state index in [1.807, 2.05) is 0 Å². The van der Waals surface area contributed by atoms with Crippen LogP contribution in [0.5, 0.6) is 0 Å². The summed E-state index contributed by atoms with van der Waals surface area (Å²) in [6.07, 6.45) is 2.71. The lowest BCUT2D eigenvalue weighted by molar-refractivity contribution is -0.138. The van der Waals surface area contributed by atoms with Gasteiger partial charge in [0.05, 0.1) is 10.7 Å². The molecule has 7 nitrogen and oxygen atoms in total. The Bertz CT molecular complexity index is 742. The van der Waals surface area contributed by atoms with Crippen molar-refractivity contribution in [3.05, 3.63) is 33.0 Å². The van der Waals surface area contributed by atoms with Crippen molar-refractivity contribution in [1.29, 1.82) is 0 Å². The van der Waals surface area contributed by atoms with Crippen LogP contribution in [0.25, 0.3) is 0 Å². The number of halogens is 2. The monoisotopic (exact) mass is 369 g/mol. The van der Waals surface area contributed by atoms with Crippen LogP contribution >= 0.6 is 34.5 Å². The molecule has 11 heteroatoms. The molecular formula is C10H9Cl2N3O4S2. The van der Waals surface area contributed by atoms with Crippen LogP contribution < -0.4 is 4.72 Å². The minimum absolute atomic E-state index is 0.0295. The molecule has 0 aliphatic heterocycles. The molecule has 0 bridgehead atoms. The van der Waals surface area contributed by atoms with Gasteiger partial charge in [-0.05, 0) is 6.07 Å². The average molecular weight is 370 g/mol. The molecule has 21 heavy (non-hydrogen) atoms. The second kappa shape index (κ2) is 6.32. The molecule has 0 aliphatic rings. The number of carbonyl (C=O) groups is 1. The van der Waals surface area contributed by atoms with Gasteiger partial charge in [0.1, 0.15) is 15.3 Å². The Morgan fingerprint density at radius 2 is 2.24 bits per heavy atom. The zero-order chi connectivity index (χ0) is 15.6. The molecule has 2 rings (SSSR count). The Hall–Kier alpha value is -1.13. The lowest BCUT2D eigenvalue weighted by atomic mass is 10.2. The SMILES string of the molecule is O=C(O)C(Cc1cnc[nH]1)NS(=O)(=O)c1cc(Cl)sc1Cl. The number of aromatic amines is 1. The number of H-pyrrole nitrogens is 1. The number of hydrogen-bond acceptors (Lipinski definition) is 5. The van der Waals surface area contributed by atoms with Crippen molar-refractivity contribution in [2.45, 2.75) is 17.4 Å². The molecule has 0 spiro atoms. The van der Waals surface area contributed by atoms with E-state index in [9.17, 15) is 13.2 Å². The van der Waals surface area contributed by atoms with Crippen molar-refractivity contribution in [1.82, 2.24) is 14.7 Å². The Morgan fingerprint density at radius 3 is 2.71 bits per heavy atom. The summed E-state index contributed by atoms with van der Waals surface area (Å²) in [6.45, 7) is 0. The normalized spacial score (nSPS) is 13.2. The first-order chi connectivity index (χ1) is 9.79. The Kier molecular flexibility index (Phi) is 4.89. The molecule has 0 fully saturated rings. The summed E-state index contributed by atoms with van der Waals surface area (Å²) in [7, 11) is -4.09. The average Bonchev–Trinajstić information content (AvgIpc) is 2.98. The highest BCUT2D eigenvalue weighted by Crippen LogP contribution is 2.34. The second-order valence-electron chi connectivity index (χ2n) is 3.98. The van der Waals surface area contributed by atoms with Crippen LogP contribution in [0.15, 0.2) is 23.5 Å². The van der Waals surface area contributed by atoms with Gasteiger partial charge in [-0.2, -0.15) is 4.72 Å². The van der Waals surface area contributed by atoms with Crippen LogP contribution in [0.2, 0.25) is 8.67 Å². The maximum absolute atomic E-state index is 12.2. The molecule has 1 atom stereocenters. The third-order valence-corrected chi connectivity index (χ3v) is 5.71. The number of nitrogens with one attached hydrogen (secondary N) is 2. The quantitative estimate of drug-likeness (QED) is 0.717. The highest BCUT2D eigenvalue weighted by atomic mass is 35.5. The van der Waals surface area contributed by atoms with Gasteiger partial charge >= 0.3 is 5.97 Å². The van der Waals surface area contributed by atoms with Crippen LogP contribution in [0.1, 0.15) is 5.69 Å². The van der Waals surface area contributed by atoms with E-state index in [0.717, 1.165) is 11.3 Å². The zero-order valence-corrected chi connectivity index (χ0v) is 13.4. The largest absolute Gasteiger partial charge is 0.480 e. The van der Waals surface area contributed by atoms with Crippen LogP contribution in [0.3, 0.4) is 0 Å². The molecule has 0 aliphatic carbocycles. The number of thiophene rings is 1. The van der Waals surface area contributed by atoms with Gasteiger partial charge in [-0.15, -0.1) is 11.3 Å². The fourth-order valence-corrected chi connectivity index (χ4v) is 4.89. The van der Waals surface area contributed by atoms with E-state index < -0.39 is 22.0 Å². The van der Waals surface area contributed by atoms with E-state index in [1.54, 1.807) is 0 Å². The minimum Gasteiger partial charge on any atom is -0.480 e. The van der Waals surface area contributed by atoms with Gasteiger partial charge in [-0.1, -0.05) is 23.2 Å². The molecule has 1 unspecified atom stereocenters. The fraction of sp³-hybridized carbons (Fsp3) is 0.200. The van der Waals surface area contributed by atoms with Gasteiger partial charge in [0.25, 0.3) is 0 Å². The van der Waals surface area contributed by atoms with Crippen molar-refractivity contribution >= 4 is 50.5 Å². The van der Waals surface area contributed by atoms with Crippen LogP contribution in [0, 0.1) is 0 Å². The summed E-state index contributed by atoms with van der Waals surface area (Å²) < 4.78 is 26.6. The number of sulfonamides is 1. The number of imidazole rings is 1. The van der Waals surface area contributed by atoms with E-state index in [2.05, 4.69) is 14.7 Å². The summed E-state index contributed by atoms with van der Waals surface area (Å²) in [5, 5.41) is 9.14. The molecule has 0 saturated heterocycles. The zero-order valence-electron chi connectivity index (χ0n) is 10.2. The number of carboxylic acid groups (broad SMARTS) is 1. The molecule has 114 valence electrons. The molecule has 0 amide bonds. The Morgan fingerprint density at radius 1 is 1.52 bits per heavy atom. The summed E-state index contributed by atoms with van der Waals surface area (Å²) in [5.41, 5.74) is 0.486. The first-order valence-corrected chi connectivity index (χ1v) is 8.52. The molecule has 0 radical (unpaired) electrons. The maximum atomic E-state index is 12.2. The summed E-state index contributed by atoms with van der Waals surface area (Å²) in [4.78, 5) is 17.4. The Labute approximate surface area is 134 Å². The third-order valence-electron chi connectivity index (χ3n) is 2.49. The number of rotatable bonds is 6. The van der Waals surface area contributed by atoms with Crippen LogP contribution in [-0.2, 0) is 21.2 Å². The maximum Gasteiger partial charge on any atom is 0.322 e. The van der Waals surface area contributed by atoms with E-state index >= 15 is 0 Å². The number of hydrogen-bond donors (Lipinski definition) is 3. The molecule has 2 heterocycles. The van der Waals surface area contributed by atoms with Gasteiger partial charge < -0.3 is 10.1 Å². The molecule has 2 aromatic heterocycles.